The molecule has 0 atom stereocenters. The zero-order chi connectivity index (χ0) is 14.7. The van der Waals surface area contributed by atoms with Gasteiger partial charge < -0.3 is 15.0 Å². The SMILES string of the molecule is CC(C)Oc1c(Cl)cc(C(=O)N2CCNCC2)cc1Cl. The molecule has 0 unspecified atom stereocenters. The van der Waals surface area contributed by atoms with Gasteiger partial charge in [0.05, 0.1) is 16.1 Å². The molecule has 1 aromatic carbocycles. The third kappa shape index (κ3) is 3.57. The predicted octanol–water partition coefficient (Wildman–Crippen LogP) is 2.83. The number of carbonyl (C=O) groups excluding carboxylic acids is 1. The lowest BCUT2D eigenvalue weighted by Gasteiger charge is -2.27. The van der Waals surface area contributed by atoms with E-state index in [9.17, 15) is 4.79 Å². The van der Waals surface area contributed by atoms with E-state index in [0.29, 0.717) is 34.4 Å². The number of hydrogen-bond acceptors (Lipinski definition) is 3. The van der Waals surface area contributed by atoms with Crippen molar-refractivity contribution in [3.05, 3.63) is 27.7 Å². The number of nitrogens with zero attached hydrogens (tertiary/aromatic N) is 1. The van der Waals surface area contributed by atoms with Crippen LogP contribution in [0.5, 0.6) is 5.75 Å². The van der Waals surface area contributed by atoms with Gasteiger partial charge in [-0.3, -0.25) is 4.79 Å². The van der Waals surface area contributed by atoms with Crippen LogP contribution in [-0.4, -0.2) is 43.1 Å². The fourth-order valence-corrected chi connectivity index (χ4v) is 2.66. The molecule has 110 valence electrons. The summed E-state index contributed by atoms with van der Waals surface area (Å²) in [5, 5.41) is 3.94. The van der Waals surface area contributed by atoms with Gasteiger partial charge in [0, 0.05) is 31.7 Å². The molecule has 0 aromatic heterocycles. The molecule has 1 aliphatic rings. The Hall–Kier alpha value is -0.970. The highest BCUT2D eigenvalue weighted by Gasteiger charge is 2.21. The minimum Gasteiger partial charge on any atom is -0.488 e. The van der Waals surface area contributed by atoms with Crippen LogP contribution in [0.4, 0.5) is 0 Å². The van der Waals surface area contributed by atoms with Crippen LogP contribution in [0.3, 0.4) is 0 Å². The van der Waals surface area contributed by atoms with E-state index in [1.807, 2.05) is 13.8 Å². The van der Waals surface area contributed by atoms with E-state index >= 15 is 0 Å². The van der Waals surface area contributed by atoms with E-state index in [2.05, 4.69) is 5.32 Å². The Labute approximate surface area is 129 Å². The van der Waals surface area contributed by atoms with E-state index in [4.69, 9.17) is 27.9 Å². The van der Waals surface area contributed by atoms with Crippen LogP contribution in [0.1, 0.15) is 24.2 Å². The lowest BCUT2D eigenvalue weighted by Crippen LogP contribution is -2.46. The van der Waals surface area contributed by atoms with Gasteiger partial charge in [-0.15, -0.1) is 0 Å². The number of amides is 1. The van der Waals surface area contributed by atoms with Crippen LogP contribution < -0.4 is 10.1 Å². The second kappa shape index (κ2) is 6.66. The van der Waals surface area contributed by atoms with Crippen molar-refractivity contribution in [2.24, 2.45) is 0 Å². The fourth-order valence-electron chi connectivity index (χ4n) is 2.08. The zero-order valence-corrected chi connectivity index (χ0v) is 13.1. The molecule has 1 aromatic rings. The van der Waals surface area contributed by atoms with Crippen molar-refractivity contribution in [2.45, 2.75) is 20.0 Å². The first-order chi connectivity index (χ1) is 9.49. The van der Waals surface area contributed by atoms with E-state index in [1.54, 1.807) is 17.0 Å². The smallest absolute Gasteiger partial charge is 0.254 e. The van der Waals surface area contributed by atoms with Crippen molar-refractivity contribution in [3.63, 3.8) is 0 Å². The summed E-state index contributed by atoms with van der Waals surface area (Å²) in [6, 6.07) is 3.24. The van der Waals surface area contributed by atoms with Gasteiger partial charge in [0.15, 0.2) is 5.75 Å². The van der Waals surface area contributed by atoms with Crippen LogP contribution in [-0.2, 0) is 0 Å². The molecule has 0 radical (unpaired) electrons. The minimum atomic E-state index is -0.0496. The Kier molecular flexibility index (Phi) is 5.13. The van der Waals surface area contributed by atoms with Crippen molar-refractivity contribution in [1.82, 2.24) is 10.2 Å². The Balaban J connectivity index is 2.22. The third-order valence-corrected chi connectivity index (χ3v) is 3.56. The first-order valence-corrected chi connectivity index (χ1v) is 7.40. The largest absolute Gasteiger partial charge is 0.488 e. The van der Waals surface area contributed by atoms with Crippen molar-refractivity contribution in [3.8, 4) is 5.75 Å². The topological polar surface area (TPSA) is 41.6 Å². The number of piperazine rings is 1. The first kappa shape index (κ1) is 15.4. The average Bonchev–Trinajstić information content (AvgIpc) is 2.42. The van der Waals surface area contributed by atoms with Gasteiger partial charge in [0.25, 0.3) is 5.91 Å². The standard InChI is InChI=1S/C14H18Cl2N2O2/c1-9(2)20-13-11(15)7-10(8-12(13)16)14(19)18-5-3-17-4-6-18/h7-9,17H,3-6H2,1-2H3. The van der Waals surface area contributed by atoms with Gasteiger partial charge in [-0.05, 0) is 26.0 Å². The molecule has 1 fully saturated rings. The van der Waals surface area contributed by atoms with Gasteiger partial charge in [-0.25, -0.2) is 0 Å². The molecule has 4 nitrogen and oxygen atoms in total. The van der Waals surface area contributed by atoms with E-state index in [-0.39, 0.29) is 12.0 Å². The highest BCUT2D eigenvalue weighted by Crippen LogP contribution is 2.35. The van der Waals surface area contributed by atoms with Gasteiger partial charge in [0.1, 0.15) is 0 Å². The van der Waals surface area contributed by atoms with Crippen LogP contribution >= 0.6 is 23.2 Å². The molecule has 2 rings (SSSR count). The summed E-state index contributed by atoms with van der Waals surface area (Å²) in [4.78, 5) is 14.2. The van der Waals surface area contributed by atoms with Crippen LogP contribution in [0, 0.1) is 0 Å². The number of nitrogens with one attached hydrogen (secondary N) is 1. The summed E-state index contributed by atoms with van der Waals surface area (Å²) in [5.74, 6) is 0.381. The number of hydrogen-bond donors (Lipinski definition) is 1. The molecule has 0 bridgehead atoms. The Morgan fingerprint density at radius 2 is 1.80 bits per heavy atom. The second-order valence-corrected chi connectivity index (χ2v) is 5.79. The number of halogens is 2. The molecule has 1 amide bonds. The Morgan fingerprint density at radius 3 is 2.30 bits per heavy atom. The van der Waals surface area contributed by atoms with Crippen molar-refractivity contribution >= 4 is 29.1 Å². The van der Waals surface area contributed by atoms with E-state index in [0.717, 1.165) is 13.1 Å². The van der Waals surface area contributed by atoms with Gasteiger partial charge >= 0.3 is 0 Å². The summed E-state index contributed by atoms with van der Waals surface area (Å²) < 4.78 is 5.56. The fraction of sp³-hybridized carbons (Fsp3) is 0.500. The number of benzene rings is 1. The quantitative estimate of drug-likeness (QED) is 0.932. The van der Waals surface area contributed by atoms with E-state index in [1.165, 1.54) is 0 Å². The number of rotatable bonds is 3. The molecule has 0 saturated carbocycles. The van der Waals surface area contributed by atoms with Gasteiger partial charge in [-0.1, -0.05) is 23.2 Å². The molecule has 6 heteroatoms. The lowest BCUT2D eigenvalue weighted by atomic mass is 10.1. The number of carbonyl (C=O) groups is 1. The van der Waals surface area contributed by atoms with Gasteiger partial charge in [-0.2, -0.15) is 0 Å². The predicted molar refractivity (Wildman–Crippen MR) is 81.0 cm³/mol. The minimum absolute atomic E-state index is 0.0280. The average molecular weight is 317 g/mol. The Morgan fingerprint density at radius 1 is 1.25 bits per heavy atom. The normalized spacial score (nSPS) is 15.6. The van der Waals surface area contributed by atoms with Gasteiger partial charge in [0.2, 0.25) is 0 Å². The maximum absolute atomic E-state index is 12.4. The first-order valence-electron chi connectivity index (χ1n) is 6.64. The maximum Gasteiger partial charge on any atom is 0.254 e. The van der Waals surface area contributed by atoms with Crippen LogP contribution in [0.25, 0.3) is 0 Å². The molecule has 1 N–H and O–H groups in total. The third-order valence-electron chi connectivity index (χ3n) is 3.00. The van der Waals surface area contributed by atoms with Crippen LogP contribution in [0.2, 0.25) is 10.0 Å². The summed E-state index contributed by atoms with van der Waals surface area (Å²) in [6.45, 7) is 6.79. The van der Waals surface area contributed by atoms with Crippen molar-refractivity contribution in [1.29, 1.82) is 0 Å². The maximum atomic E-state index is 12.4. The molecule has 0 aliphatic carbocycles. The molecular weight excluding hydrogens is 299 g/mol. The second-order valence-electron chi connectivity index (χ2n) is 4.98. The number of ether oxygens (including phenoxy) is 1. The summed E-state index contributed by atoms with van der Waals surface area (Å²) in [5.41, 5.74) is 0.498. The van der Waals surface area contributed by atoms with Crippen LogP contribution in [0.15, 0.2) is 12.1 Å². The zero-order valence-electron chi connectivity index (χ0n) is 11.6. The molecular formula is C14H18Cl2N2O2. The molecule has 1 saturated heterocycles. The summed E-state index contributed by atoms with van der Waals surface area (Å²) in [7, 11) is 0. The highest BCUT2D eigenvalue weighted by atomic mass is 35.5. The van der Waals surface area contributed by atoms with Crippen molar-refractivity contribution in [2.75, 3.05) is 26.2 Å². The molecule has 1 heterocycles. The summed E-state index contributed by atoms with van der Waals surface area (Å²) >= 11 is 12.3. The summed E-state index contributed by atoms with van der Waals surface area (Å²) in [6.07, 6.45) is -0.0280. The molecule has 0 spiro atoms. The highest BCUT2D eigenvalue weighted by molar-refractivity contribution is 6.37. The van der Waals surface area contributed by atoms with Crippen molar-refractivity contribution < 1.29 is 9.53 Å². The molecule has 1 aliphatic heterocycles. The van der Waals surface area contributed by atoms with E-state index < -0.39 is 0 Å². The molecule has 20 heavy (non-hydrogen) atoms. The lowest BCUT2D eigenvalue weighted by molar-refractivity contribution is 0.0736. The Bertz CT molecular complexity index is 477. The monoisotopic (exact) mass is 316 g/mol.